The van der Waals surface area contributed by atoms with Crippen LogP contribution in [-0.4, -0.2) is 62.1 Å². The van der Waals surface area contributed by atoms with E-state index in [1.807, 2.05) is 20.8 Å². The molecule has 3 heterocycles. The normalized spacial score (nSPS) is 24.5. The molecule has 2 aliphatic rings. The molecule has 0 saturated carbocycles. The van der Waals surface area contributed by atoms with Crippen LogP contribution in [0.3, 0.4) is 0 Å². The van der Waals surface area contributed by atoms with Crippen molar-refractivity contribution in [1.29, 1.82) is 0 Å². The molecule has 2 saturated heterocycles. The predicted octanol–water partition coefficient (Wildman–Crippen LogP) is 3.63. The smallest absolute Gasteiger partial charge is 0.253 e. The second-order valence-electron chi connectivity index (χ2n) is 11.0. The van der Waals surface area contributed by atoms with E-state index in [-0.39, 0.29) is 36.8 Å². The number of carbonyl (C=O) groups is 1. The lowest BCUT2D eigenvalue weighted by Gasteiger charge is -2.46. The number of amides is 1. The van der Waals surface area contributed by atoms with Crippen LogP contribution >= 0.6 is 0 Å². The fraction of sp³-hybridized carbons (Fsp3) is 0.444. The van der Waals surface area contributed by atoms with Crippen LogP contribution in [-0.2, 0) is 11.3 Å². The number of rotatable bonds is 5. The van der Waals surface area contributed by atoms with Crippen molar-refractivity contribution in [1.82, 2.24) is 25.0 Å². The lowest BCUT2D eigenvalue weighted by atomic mass is 9.81. The number of piperidine rings is 1. The third-order valence-corrected chi connectivity index (χ3v) is 7.23. The van der Waals surface area contributed by atoms with Gasteiger partial charge in [-0.2, -0.15) is 5.10 Å². The number of halogens is 4. The molecule has 202 valence electrons. The maximum absolute atomic E-state index is 14.8. The van der Waals surface area contributed by atoms with Gasteiger partial charge >= 0.3 is 0 Å². The lowest BCUT2D eigenvalue weighted by molar-refractivity contribution is -0.155. The Kier molecular flexibility index (Phi) is 6.77. The number of aliphatic hydroxyl groups is 1. The maximum Gasteiger partial charge on any atom is 0.253 e. The highest BCUT2D eigenvalue weighted by molar-refractivity contribution is 5.83. The summed E-state index contributed by atoms with van der Waals surface area (Å²) in [5.74, 6) is -3.00. The van der Waals surface area contributed by atoms with E-state index >= 15 is 0 Å². The molecule has 0 bridgehead atoms. The van der Waals surface area contributed by atoms with Crippen LogP contribution in [0, 0.1) is 28.8 Å². The molecule has 2 aromatic carbocycles. The first-order chi connectivity index (χ1) is 17.9. The van der Waals surface area contributed by atoms with Crippen LogP contribution in [0.4, 0.5) is 17.6 Å². The van der Waals surface area contributed by atoms with Crippen molar-refractivity contribution in [3.05, 3.63) is 71.3 Å². The molecular formula is C27H29F4N5O2. The fourth-order valence-corrected chi connectivity index (χ4v) is 5.48. The molecule has 5 unspecified atom stereocenters. The number of aliphatic hydroxyl groups excluding tert-OH is 1. The summed E-state index contributed by atoms with van der Waals surface area (Å²) in [5, 5.41) is 18.1. The van der Waals surface area contributed by atoms with Crippen molar-refractivity contribution in [2.75, 3.05) is 13.1 Å². The average Bonchev–Trinajstić information content (AvgIpc) is 3.41. The van der Waals surface area contributed by atoms with Gasteiger partial charge in [0.25, 0.3) is 5.91 Å². The summed E-state index contributed by atoms with van der Waals surface area (Å²) >= 11 is 0. The largest absolute Gasteiger partial charge is 0.382 e. The zero-order valence-corrected chi connectivity index (χ0v) is 21.2. The standard InChI is InChI=1S/C27H29F4N5O2/c1-27(2,3)23(35-13-18-20(31)11-32-21(18)22(37)26(35)38)25-33-24(17-10-16(29)7-8-19(17)30)34-36(25)12-14-5-4-6-15(28)9-14/h4-10,18,20-23,32,37H,11-13H2,1-3H3. The molecule has 1 aromatic heterocycles. The van der Waals surface area contributed by atoms with Crippen LogP contribution in [0.15, 0.2) is 42.5 Å². The highest BCUT2D eigenvalue weighted by Crippen LogP contribution is 2.42. The van der Waals surface area contributed by atoms with Gasteiger partial charge in [0.05, 0.1) is 18.2 Å². The van der Waals surface area contributed by atoms with Crippen molar-refractivity contribution >= 4 is 5.91 Å². The Bertz CT molecular complexity index is 1360. The number of alkyl halides is 1. The Balaban J connectivity index is 1.65. The van der Waals surface area contributed by atoms with Gasteiger partial charge in [-0.1, -0.05) is 32.9 Å². The zero-order valence-electron chi connectivity index (χ0n) is 21.2. The van der Waals surface area contributed by atoms with E-state index in [2.05, 4.69) is 15.4 Å². The molecule has 11 heteroatoms. The number of fused-ring (bicyclic) bond motifs is 1. The van der Waals surface area contributed by atoms with E-state index in [1.54, 1.807) is 6.07 Å². The van der Waals surface area contributed by atoms with Gasteiger partial charge in [0, 0.05) is 25.0 Å². The maximum atomic E-state index is 14.8. The number of benzene rings is 2. The van der Waals surface area contributed by atoms with Crippen LogP contribution in [0.25, 0.3) is 11.4 Å². The summed E-state index contributed by atoms with van der Waals surface area (Å²) in [5.41, 5.74) is -0.348. The SMILES string of the molecule is CC(C)(C)C(c1nc(-c2cc(F)ccc2F)nn1Cc1cccc(F)c1)N1CC2C(F)CNC2C(O)C1=O. The molecule has 38 heavy (non-hydrogen) atoms. The van der Waals surface area contributed by atoms with E-state index < -0.39 is 59.1 Å². The van der Waals surface area contributed by atoms with E-state index in [0.717, 1.165) is 18.2 Å². The molecule has 5 atom stereocenters. The summed E-state index contributed by atoms with van der Waals surface area (Å²) in [7, 11) is 0. The van der Waals surface area contributed by atoms with E-state index in [1.165, 1.54) is 27.8 Å². The molecule has 1 amide bonds. The first-order valence-electron chi connectivity index (χ1n) is 12.4. The van der Waals surface area contributed by atoms with Crippen LogP contribution in [0.1, 0.15) is 38.2 Å². The quantitative estimate of drug-likeness (QED) is 0.492. The van der Waals surface area contributed by atoms with Crippen molar-refractivity contribution in [2.45, 2.75) is 51.7 Å². The van der Waals surface area contributed by atoms with Gasteiger partial charge in [-0.15, -0.1) is 0 Å². The molecular weight excluding hydrogens is 502 g/mol. The topological polar surface area (TPSA) is 83.3 Å². The van der Waals surface area contributed by atoms with Crippen LogP contribution in [0.2, 0.25) is 0 Å². The highest BCUT2D eigenvalue weighted by Gasteiger charge is 2.52. The molecule has 7 nitrogen and oxygen atoms in total. The van der Waals surface area contributed by atoms with Gasteiger partial charge in [0.2, 0.25) is 0 Å². The third-order valence-electron chi connectivity index (χ3n) is 7.23. The van der Waals surface area contributed by atoms with Crippen molar-refractivity contribution in [3.63, 3.8) is 0 Å². The Morgan fingerprint density at radius 3 is 2.58 bits per heavy atom. The summed E-state index contributed by atoms with van der Waals surface area (Å²) in [6.07, 6.45) is -2.72. The van der Waals surface area contributed by atoms with E-state index in [0.29, 0.717) is 5.56 Å². The predicted molar refractivity (Wildman–Crippen MR) is 131 cm³/mol. The fourth-order valence-electron chi connectivity index (χ4n) is 5.48. The number of nitrogens with zero attached hydrogens (tertiary/aromatic N) is 4. The molecule has 0 spiro atoms. The Labute approximate surface area is 217 Å². The van der Waals surface area contributed by atoms with E-state index in [4.69, 9.17) is 0 Å². The summed E-state index contributed by atoms with van der Waals surface area (Å²) in [6, 6.07) is 7.23. The van der Waals surface area contributed by atoms with Crippen molar-refractivity contribution in [3.8, 4) is 11.4 Å². The van der Waals surface area contributed by atoms with Gasteiger partial charge in [-0.25, -0.2) is 27.2 Å². The zero-order chi connectivity index (χ0) is 27.4. The molecule has 2 fully saturated rings. The number of nitrogens with one attached hydrogen (secondary N) is 1. The number of hydrogen-bond donors (Lipinski definition) is 2. The number of carbonyl (C=O) groups excluding carboxylic acids is 1. The van der Waals surface area contributed by atoms with Crippen molar-refractivity contribution in [2.24, 2.45) is 11.3 Å². The van der Waals surface area contributed by atoms with Gasteiger partial charge in [-0.3, -0.25) is 4.79 Å². The molecule has 5 rings (SSSR count). The monoisotopic (exact) mass is 531 g/mol. The van der Waals surface area contributed by atoms with Gasteiger partial charge in [0.15, 0.2) is 11.6 Å². The number of hydrogen-bond acceptors (Lipinski definition) is 5. The molecule has 0 radical (unpaired) electrons. The third kappa shape index (κ3) is 4.80. The van der Waals surface area contributed by atoms with Gasteiger partial charge < -0.3 is 15.3 Å². The van der Waals surface area contributed by atoms with Gasteiger partial charge in [-0.05, 0) is 41.3 Å². The first kappa shape index (κ1) is 26.3. The molecule has 2 N–H and O–H groups in total. The number of likely N-dealkylation sites (tertiary alicyclic amines) is 1. The highest BCUT2D eigenvalue weighted by atomic mass is 19.1. The van der Waals surface area contributed by atoms with Crippen molar-refractivity contribution < 1.29 is 27.5 Å². The Hall–Kier alpha value is -3.31. The minimum Gasteiger partial charge on any atom is -0.382 e. The average molecular weight is 532 g/mol. The second kappa shape index (κ2) is 9.77. The molecule has 2 aliphatic heterocycles. The van der Waals surface area contributed by atoms with E-state index in [9.17, 15) is 27.5 Å². The summed E-state index contributed by atoms with van der Waals surface area (Å²) < 4.78 is 58.9. The number of aromatic nitrogens is 3. The minimum atomic E-state index is -1.46. The minimum absolute atomic E-state index is 0.0210. The first-order valence-corrected chi connectivity index (χ1v) is 12.4. The molecule has 0 aliphatic carbocycles. The van der Waals surface area contributed by atoms with Crippen LogP contribution in [0.5, 0.6) is 0 Å². The Morgan fingerprint density at radius 2 is 1.87 bits per heavy atom. The summed E-state index contributed by atoms with van der Waals surface area (Å²) in [6.45, 7) is 5.64. The Morgan fingerprint density at radius 1 is 1.13 bits per heavy atom. The summed E-state index contributed by atoms with van der Waals surface area (Å²) in [4.78, 5) is 19.4. The van der Waals surface area contributed by atoms with Crippen LogP contribution < -0.4 is 5.32 Å². The lowest BCUT2D eigenvalue weighted by Crippen LogP contribution is -2.60. The van der Waals surface area contributed by atoms with Gasteiger partial charge in [0.1, 0.15) is 29.7 Å². The molecule has 3 aromatic rings. The second-order valence-corrected chi connectivity index (χ2v) is 11.0.